The van der Waals surface area contributed by atoms with E-state index in [2.05, 4.69) is 13.2 Å². The SMILES string of the molecule is C=CCS(=O)(=O)C(C=C)C=O. The van der Waals surface area contributed by atoms with Crippen LogP contribution in [0.3, 0.4) is 0 Å². The van der Waals surface area contributed by atoms with E-state index < -0.39 is 15.1 Å². The van der Waals surface area contributed by atoms with Crippen LogP contribution in [-0.4, -0.2) is 25.7 Å². The summed E-state index contributed by atoms with van der Waals surface area (Å²) in [6.07, 6.45) is 2.70. The van der Waals surface area contributed by atoms with Crippen LogP contribution in [0.1, 0.15) is 0 Å². The number of carbonyl (C=O) groups excluding carboxylic acids is 1. The molecular weight excluding hydrogens is 164 g/mol. The lowest BCUT2D eigenvalue weighted by Crippen LogP contribution is -2.22. The molecule has 1 atom stereocenters. The highest BCUT2D eigenvalue weighted by Gasteiger charge is 2.19. The highest BCUT2D eigenvalue weighted by Crippen LogP contribution is 2.00. The second-order valence-corrected chi connectivity index (χ2v) is 4.16. The second kappa shape index (κ2) is 4.08. The Morgan fingerprint density at radius 3 is 2.18 bits per heavy atom. The molecule has 0 heterocycles. The van der Waals surface area contributed by atoms with Gasteiger partial charge in [0.15, 0.2) is 9.84 Å². The zero-order valence-corrected chi connectivity index (χ0v) is 6.88. The van der Waals surface area contributed by atoms with Crippen molar-refractivity contribution in [2.45, 2.75) is 5.25 Å². The topological polar surface area (TPSA) is 51.2 Å². The smallest absolute Gasteiger partial charge is 0.167 e. The minimum absolute atomic E-state index is 0.192. The maximum atomic E-state index is 11.0. The van der Waals surface area contributed by atoms with Crippen LogP contribution in [0.4, 0.5) is 0 Å². The Hall–Kier alpha value is -0.900. The third kappa shape index (κ3) is 2.67. The van der Waals surface area contributed by atoms with E-state index in [9.17, 15) is 13.2 Å². The Morgan fingerprint density at radius 1 is 1.36 bits per heavy atom. The first kappa shape index (κ1) is 10.1. The van der Waals surface area contributed by atoms with Gasteiger partial charge in [-0.05, 0) is 0 Å². The number of hydrogen-bond acceptors (Lipinski definition) is 3. The van der Waals surface area contributed by atoms with Gasteiger partial charge in [0.05, 0.1) is 5.75 Å². The maximum Gasteiger partial charge on any atom is 0.167 e. The molecule has 0 aliphatic carbocycles. The standard InChI is InChI=1S/C7H10O3S/c1-3-5-11(9,10)7(4-2)6-8/h3-4,6-7H,1-2,5H2. The van der Waals surface area contributed by atoms with Crippen LogP contribution in [0.15, 0.2) is 25.3 Å². The first-order valence-electron chi connectivity index (χ1n) is 2.98. The molecule has 0 spiro atoms. The van der Waals surface area contributed by atoms with Crippen LogP contribution in [0.25, 0.3) is 0 Å². The van der Waals surface area contributed by atoms with Crippen molar-refractivity contribution in [1.29, 1.82) is 0 Å². The highest BCUT2D eigenvalue weighted by molar-refractivity contribution is 7.93. The van der Waals surface area contributed by atoms with E-state index in [-0.39, 0.29) is 5.75 Å². The molecule has 0 aromatic carbocycles. The molecule has 3 nitrogen and oxygen atoms in total. The van der Waals surface area contributed by atoms with Gasteiger partial charge in [-0.3, -0.25) is 0 Å². The molecule has 1 unspecified atom stereocenters. The predicted molar refractivity (Wildman–Crippen MR) is 44.0 cm³/mol. The van der Waals surface area contributed by atoms with Gasteiger partial charge in [0.1, 0.15) is 11.5 Å². The van der Waals surface area contributed by atoms with Gasteiger partial charge in [-0.15, -0.1) is 13.2 Å². The summed E-state index contributed by atoms with van der Waals surface area (Å²) < 4.78 is 22.0. The van der Waals surface area contributed by atoms with Crippen molar-refractivity contribution in [3.63, 3.8) is 0 Å². The van der Waals surface area contributed by atoms with Gasteiger partial charge in [0.25, 0.3) is 0 Å². The van der Waals surface area contributed by atoms with Crippen LogP contribution < -0.4 is 0 Å². The Bertz CT molecular complexity index is 243. The highest BCUT2D eigenvalue weighted by atomic mass is 32.2. The number of rotatable bonds is 5. The molecule has 0 amide bonds. The quantitative estimate of drug-likeness (QED) is 0.446. The molecule has 0 saturated heterocycles. The van der Waals surface area contributed by atoms with E-state index in [1.165, 1.54) is 6.08 Å². The zero-order valence-electron chi connectivity index (χ0n) is 6.06. The van der Waals surface area contributed by atoms with Crippen molar-refractivity contribution in [2.75, 3.05) is 5.75 Å². The summed E-state index contributed by atoms with van der Waals surface area (Å²) in [6, 6.07) is 0. The van der Waals surface area contributed by atoms with E-state index in [0.29, 0.717) is 6.29 Å². The number of sulfone groups is 1. The van der Waals surface area contributed by atoms with Gasteiger partial charge in [-0.25, -0.2) is 8.42 Å². The lowest BCUT2D eigenvalue weighted by molar-refractivity contribution is -0.106. The molecule has 0 N–H and O–H groups in total. The maximum absolute atomic E-state index is 11.0. The molecular formula is C7H10O3S. The minimum Gasteiger partial charge on any atom is -0.302 e. The average Bonchev–Trinajstić information content (AvgIpc) is 1.89. The van der Waals surface area contributed by atoms with E-state index in [1.54, 1.807) is 0 Å². The summed E-state index contributed by atoms with van der Waals surface area (Å²) in [7, 11) is -3.38. The fourth-order valence-electron chi connectivity index (χ4n) is 0.562. The molecule has 0 aliphatic heterocycles. The Kier molecular flexibility index (Phi) is 3.74. The molecule has 62 valence electrons. The van der Waals surface area contributed by atoms with Gasteiger partial charge in [0, 0.05) is 0 Å². The van der Waals surface area contributed by atoms with Crippen LogP contribution in [-0.2, 0) is 14.6 Å². The van der Waals surface area contributed by atoms with Crippen molar-refractivity contribution in [2.24, 2.45) is 0 Å². The number of aldehydes is 1. The third-order valence-corrected chi connectivity index (χ3v) is 2.96. The average molecular weight is 174 g/mol. The monoisotopic (exact) mass is 174 g/mol. The zero-order chi connectivity index (χ0) is 8.91. The molecule has 0 saturated carbocycles. The van der Waals surface area contributed by atoms with Gasteiger partial charge < -0.3 is 4.79 Å². The molecule has 11 heavy (non-hydrogen) atoms. The van der Waals surface area contributed by atoms with Crippen LogP contribution in [0.2, 0.25) is 0 Å². The molecule has 4 heteroatoms. The van der Waals surface area contributed by atoms with Crippen LogP contribution >= 0.6 is 0 Å². The Balaban J connectivity index is 4.64. The fraction of sp³-hybridized carbons (Fsp3) is 0.286. The Labute approximate surface area is 66.3 Å². The van der Waals surface area contributed by atoms with Crippen LogP contribution in [0, 0.1) is 0 Å². The summed E-state index contributed by atoms with van der Waals surface area (Å²) in [4.78, 5) is 10.2. The van der Waals surface area contributed by atoms with Gasteiger partial charge in [0.2, 0.25) is 0 Å². The molecule has 0 aromatic rings. The molecule has 0 bridgehead atoms. The van der Waals surface area contributed by atoms with Crippen molar-refractivity contribution in [3.8, 4) is 0 Å². The van der Waals surface area contributed by atoms with Crippen molar-refractivity contribution >= 4 is 16.1 Å². The van der Waals surface area contributed by atoms with E-state index >= 15 is 0 Å². The molecule has 0 aromatic heterocycles. The number of hydrogen-bond donors (Lipinski definition) is 0. The summed E-state index contributed by atoms with van der Waals surface area (Å²) in [5, 5.41) is -1.10. The predicted octanol–water partition coefficient (Wildman–Crippen LogP) is 0.341. The molecule has 0 aliphatic rings. The summed E-state index contributed by atoms with van der Waals surface area (Å²) in [5.74, 6) is -0.192. The van der Waals surface area contributed by atoms with Crippen molar-refractivity contribution in [1.82, 2.24) is 0 Å². The van der Waals surface area contributed by atoms with E-state index in [0.717, 1.165) is 6.08 Å². The van der Waals surface area contributed by atoms with Gasteiger partial charge in [-0.1, -0.05) is 12.2 Å². The van der Waals surface area contributed by atoms with E-state index in [4.69, 9.17) is 0 Å². The third-order valence-electron chi connectivity index (χ3n) is 1.13. The second-order valence-electron chi connectivity index (χ2n) is 1.95. The van der Waals surface area contributed by atoms with Crippen LogP contribution in [0.5, 0.6) is 0 Å². The largest absolute Gasteiger partial charge is 0.302 e. The van der Waals surface area contributed by atoms with Crippen molar-refractivity contribution < 1.29 is 13.2 Å². The lowest BCUT2D eigenvalue weighted by Gasteiger charge is -2.02. The molecule has 0 fully saturated rings. The van der Waals surface area contributed by atoms with Crippen molar-refractivity contribution in [3.05, 3.63) is 25.3 Å². The number of carbonyl (C=O) groups is 1. The lowest BCUT2D eigenvalue weighted by atomic mass is 10.5. The molecule has 0 rings (SSSR count). The van der Waals surface area contributed by atoms with E-state index in [1.807, 2.05) is 0 Å². The normalized spacial score (nSPS) is 13.5. The van der Waals surface area contributed by atoms with Gasteiger partial charge >= 0.3 is 0 Å². The Morgan fingerprint density at radius 2 is 1.91 bits per heavy atom. The fourth-order valence-corrected chi connectivity index (χ4v) is 1.58. The molecule has 0 radical (unpaired) electrons. The first-order valence-corrected chi connectivity index (χ1v) is 4.70. The summed E-state index contributed by atoms with van der Waals surface area (Å²) in [6.45, 7) is 6.50. The first-order chi connectivity index (χ1) is 5.08. The minimum atomic E-state index is -3.38. The van der Waals surface area contributed by atoms with Gasteiger partial charge in [-0.2, -0.15) is 0 Å². The summed E-state index contributed by atoms with van der Waals surface area (Å²) >= 11 is 0. The summed E-state index contributed by atoms with van der Waals surface area (Å²) in [5.41, 5.74) is 0.